The highest BCUT2D eigenvalue weighted by Gasteiger charge is 2.35. The van der Waals surface area contributed by atoms with Crippen LogP contribution in [0.5, 0.6) is 0 Å². The normalized spacial score (nSPS) is 21.7. The van der Waals surface area contributed by atoms with Crippen LogP contribution in [-0.2, 0) is 4.74 Å². The molecule has 2 N–H and O–H groups in total. The lowest BCUT2D eigenvalue weighted by molar-refractivity contribution is 0.110. The number of benzene rings is 1. The fourth-order valence-corrected chi connectivity index (χ4v) is 3.09. The molecular formula is C17H26FN3O3. The molecule has 1 aromatic carbocycles. The lowest BCUT2D eigenvalue weighted by Gasteiger charge is -2.27. The van der Waals surface area contributed by atoms with Crippen LogP contribution in [0.15, 0.2) is 18.2 Å². The highest BCUT2D eigenvalue weighted by Crippen LogP contribution is 2.27. The van der Waals surface area contributed by atoms with E-state index in [1.165, 1.54) is 12.1 Å². The number of hydrogen-bond donors (Lipinski definition) is 2. The number of amides is 2. The molecule has 1 saturated heterocycles. The van der Waals surface area contributed by atoms with Gasteiger partial charge in [-0.2, -0.15) is 0 Å². The predicted molar refractivity (Wildman–Crippen MR) is 90.7 cm³/mol. The van der Waals surface area contributed by atoms with Crippen LogP contribution in [0, 0.1) is 5.82 Å². The van der Waals surface area contributed by atoms with Gasteiger partial charge < -0.3 is 25.0 Å². The van der Waals surface area contributed by atoms with Gasteiger partial charge in [-0.25, -0.2) is 9.18 Å². The molecule has 2 amide bonds. The third kappa shape index (κ3) is 3.96. The summed E-state index contributed by atoms with van der Waals surface area (Å²) >= 11 is 0. The molecule has 1 unspecified atom stereocenters. The number of halogens is 1. The van der Waals surface area contributed by atoms with Crippen molar-refractivity contribution in [2.75, 3.05) is 39.3 Å². The number of anilines is 1. The van der Waals surface area contributed by atoms with Crippen molar-refractivity contribution in [3.63, 3.8) is 0 Å². The van der Waals surface area contributed by atoms with Gasteiger partial charge in [0.05, 0.1) is 24.8 Å². The van der Waals surface area contributed by atoms with E-state index in [1.807, 2.05) is 25.9 Å². The number of rotatable bonds is 5. The van der Waals surface area contributed by atoms with Gasteiger partial charge in [0, 0.05) is 39.0 Å². The van der Waals surface area contributed by atoms with Gasteiger partial charge in [0.25, 0.3) is 0 Å². The third-order valence-electron chi connectivity index (χ3n) is 4.46. The van der Waals surface area contributed by atoms with Crippen molar-refractivity contribution in [3.8, 4) is 0 Å². The Morgan fingerprint density at radius 3 is 2.83 bits per heavy atom. The van der Waals surface area contributed by atoms with E-state index in [0.717, 1.165) is 5.69 Å². The number of hydrogen-bond acceptors (Lipinski definition) is 4. The summed E-state index contributed by atoms with van der Waals surface area (Å²) in [5.41, 5.74) is 1.55. The molecule has 7 heteroatoms. The molecule has 1 fully saturated rings. The average Bonchev–Trinajstić information content (AvgIpc) is 2.98. The van der Waals surface area contributed by atoms with Crippen molar-refractivity contribution >= 4 is 11.7 Å². The van der Waals surface area contributed by atoms with Crippen LogP contribution in [0.25, 0.3) is 0 Å². The first-order chi connectivity index (χ1) is 11.4. The second-order valence-corrected chi connectivity index (χ2v) is 6.35. The SMILES string of the molecule is CO[C@H]1C[C@@H](CO)N(C(=O)NC(C)c2cc(F)ccc2N(C)C)C1. The first-order valence-electron chi connectivity index (χ1n) is 8.05. The molecule has 0 aliphatic carbocycles. The van der Waals surface area contributed by atoms with Crippen LogP contribution in [0.2, 0.25) is 0 Å². The van der Waals surface area contributed by atoms with Crippen molar-refractivity contribution in [2.45, 2.75) is 31.5 Å². The first-order valence-corrected chi connectivity index (χ1v) is 8.05. The maximum atomic E-state index is 13.6. The van der Waals surface area contributed by atoms with E-state index in [4.69, 9.17) is 4.74 Å². The van der Waals surface area contributed by atoms with Crippen molar-refractivity contribution in [1.82, 2.24) is 10.2 Å². The number of nitrogens with one attached hydrogen (secondary N) is 1. The van der Waals surface area contributed by atoms with Gasteiger partial charge >= 0.3 is 6.03 Å². The van der Waals surface area contributed by atoms with E-state index in [1.54, 1.807) is 18.1 Å². The van der Waals surface area contributed by atoms with E-state index < -0.39 is 0 Å². The van der Waals surface area contributed by atoms with Gasteiger partial charge in [-0.05, 0) is 31.5 Å². The Balaban J connectivity index is 2.13. The van der Waals surface area contributed by atoms with Crippen LogP contribution in [-0.4, -0.2) is 62.5 Å². The lowest BCUT2D eigenvalue weighted by Crippen LogP contribution is -2.45. The number of nitrogens with zero attached hydrogens (tertiary/aromatic N) is 2. The monoisotopic (exact) mass is 339 g/mol. The van der Waals surface area contributed by atoms with E-state index in [9.17, 15) is 14.3 Å². The van der Waals surface area contributed by atoms with E-state index in [2.05, 4.69) is 5.32 Å². The third-order valence-corrected chi connectivity index (χ3v) is 4.46. The number of ether oxygens (including phenoxy) is 1. The van der Waals surface area contributed by atoms with Crippen LogP contribution in [0.1, 0.15) is 24.9 Å². The molecule has 1 heterocycles. The molecule has 24 heavy (non-hydrogen) atoms. The van der Waals surface area contributed by atoms with Crippen molar-refractivity contribution < 1.29 is 19.0 Å². The van der Waals surface area contributed by atoms with Gasteiger partial charge in [-0.3, -0.25) is 0 Å². The zero-order chi connectivity index (χ0) is 17.9. The molecule has 134 valence electrons. The summed E-state index contributed by atoms with van der Waals surface area (Å²) in [5.74, 6) is -0.342. The highest BCUT2D eigenvalue weighted by molar-refractivity contribution is 5.76. The molecule has 6 nitrogen and oxygen atoms in total. The molecule has 0 spiro atoms. The summed E-state index contributed by atoms with van der Waals surface area (Å²) in [6.45, 7) is 2.14. The van der Waals surface area contributed by atoms with Crippen molar-refractivity contribution in [3.05, 3.63) is 29.6 Å². The number of methoxy groups -OCH3 is 1. The van der Waals surface area contributed by atoms with Crippen LogP contribution < -0.4 is 10.2 Å². The molecule has 2 rings (SSSR count). The van der Waals surface area contributed by atoms with Crippen LogP contribution in [0.3, 0.4) is 0 Å². The van der Waals surface area contributed by atoms with Gasteiger partial charge in [0.15, 0.2) is 0 Å². The Bertz CT molecular complexity index is 582. The Morgan fingerprint density at radius 2 is 2.25 bits per heavy atom. The number of likely N-dealkylation sites (tertiary alicyclic amines) is 1. The summed E-state index contributed by atoms with van der Waals surface area (Å²) in [6, 6.07) is 3.62. The predicted octanol–water partition coefficient (Wildman–Crippen LogP) is 1.74. The zero-order valence-corrected chi connectivity index (χ0v) is 14.6. The number of urea groups is 1. The standard InChI is InChI=1S/C17H26FN3O3/c1-11(15-7-12(18)5-6-16(15)20(2)3)19-17(23)21-9-14(24-4)8-13(21)10-22/h5-7,11,13-14,22H,8-10H2,1-4H3,(H,19,23)/t11?,13-,14-/m0/s1. The second kappa shape index (κ2) is 7.81. The quantitative estimate of drug-likeness (QED) is 0.858. The molecule has 1 aliphatic heterocycles. The number of carbonyl (C=O) groups excluding carboxylic acids is 1. The van der Waals surface area contributed by atoms with E-state index in [0.29, 0.717) is 18.5 Å². The van der Waals surface area contributed by atoms with Crippen molar-refractivity contribution in [1.29, 1.82) is 0 Å². The fraction of sp³-hybridized carbons (Fsp3) is 0.588. The van der Waals surface area contributed by atoms with Crippen LogP contribution >= 0.6 is 0 Å². The average molecular weight is 339 g/mol. The van der Waals surface area contributed by atoms with Crippen molar-refractivity contribution in [2.24, 2.45) is 0 Å². The Hall–Kier alpha value is -1.86. The van der Waals surface area contributed by atoms with Gasteiger partial charge in [0.2, 0.25) is 0 Å². The molecule has 1 aromatic rings. The number of aliphatic hydroxyl groups excluding tert-OH is 1. The summed E-state index contributed by atoms with van der Waals surface area (Å²) < 4.78 is 18.9. The largest absolute Gasteiger partial charge is 0.394 e. The minimum absolute atomic E-state index is 0.0743. The lowest BCUT2D eigenvalue weighted by atomic mass is 10.1. The summed E-state index contributed by atoms with van der Waals surface area (Å²) in [5, 5.41) is 12.4. The molecule has 0 saturated carbocycles. The maximum absolute atomic E-state index is 13.6. The summed E-state index contributed by atoms with van der Waals surface area (Å²) in [7, 11) is 5.34. The highest BCUT2D eigenvalue weighted by atomic mass is 19.1. The molecule has 0 aromatic heterocycles. The van der Waals surface area contributed by atoms with E-state index in [-0.39, 0.29) is 36.6 Å². The Labute approximate surface area is 142 Å². The number of aliphatic hydroxyl groups is 1. The molecule has 3 atom stereocenters. The minimum Gasteiger partial charge on any atom is -0.394 e. The van der Waals surface area contributed by atoms with Crippen LogP contribution in [0.4, 0.5) is 14.9 Å². The second-order valence-electron chi connectivity index (χ2n) is 6.35. The zero-order valence-electron chi connectivity index (χ0n) is 14.6. The minimum atomic E-state index is -0.369. The molecule has 0 radical (unpaired) electrons. The Kier molecular flexibility index (Phi) is 6.01. The fourth-order valence-electron chi connectivity index (χ4n) is 3.09. The summed E-state index contributed by atoms with van der Waals surface area (Å²) in [6.07, 6.45) is 0.535. The molecule has 0 bridgehead atoms. The number of carbonyl (C=O) groups is 1. The molecule has 1 aliphatic rings. The van der Waals surface area contributed by atoms with Gasteiger partial charge in [-0.15, -0.1) is 0 Å². The smallest absolute Gasteiger partial charge is 0.318 e. The van der Waals surface area contributed by atoms with E-state index >= 15 is 0 Å². The van der Waals surface area contributed by atoms with Gasteiger partial charge in [-0.1, -0.05) is 0 Å². The maximum Gasteiger partial charge on any atom is 0.318 e. The topological polar surface area (TPSA) is 65.0 Å². The first kappa shape index (κ1) is 18.5. The Morgan fingerprint density at radius 1 is 1.54 bits per heavy atom. The summed E-state index contributed by atoms with van der Waals surface area (Å²) in [4.78, 5) is 16.0. The van der Waals surface area contributed by atoms with Gasteiger partial charge in [0.1, 0.15) is 5.82 Å². The molecular weight excluding hydrogens is 313 g/mol.